The Morgan fingerprint density at radius 2 is 1.65 bits per heavy atom. The van der Waals surface area contributed by atoms with Gasteiger partial charge in [-0.1, -0.05) is 12.8 Å². The fourth-order valence-electron chi connectivity index (χ4n) is 2.22. The summed E-state index contributed by atoms with van der Waals surface area (Å²) in [7, 11) is 0. The van der Waals surface area contributed by atoms with Crippen molar-refractivity contribution in [1.29, 1.82) is 0 Å². The van der Waals surface area contributed by atoms with Crippen LogP contribution in [0, 0.1) is 0 Å². The van der Waals surface area contributed by atoms with Crippen molar-refractivity contribution in [2.45, 2.75) is 52.5 Å². The highest BCUT2D eigenvalue weighted by Crippen LogP contribution is 2.10. The van der Waals surface area contributed by atoms with Crippen molar-refractivity contribution in [3.8, 4) is 0 Å². The number of likely N-dealkylation sites (tertiary alicyclic amines) is 1. The molecule has 0 saturated carbocycles. The summed E-state index contributed by atoms with van der Waals surface area (Å²) in [5.41, 5.74) is 0. The van der Waals surface area contributed by atoms with E-state index in [0.29, 0.717) is 0 Å². The summed E-state index contributed by atoms with van der Waals surface area (Å²) in [5.74, 6) is 0.0685. The van der Waals surface area contributed by atoms with E-state index in [-0.39, 0.29) is 24.4 Å². The Hall–Kier alpha value is -1.06. The lowest BCUT2D eigenvalue weighted by molar-refractivity contribution is -0.140. The van der Waals surface area contributed by atoms with Crippen LogP contribution >= 0.6 is 0 Å². The zero-order valence-corrected chi connectivity index (χ0v) is 11.2. The van der Waals surface area contributed by atoms with Gasteiger partial charge in [0.25, 0.3) is 0 Å². The molecule has 0 radical (unpaired) electrons. The van der Waals surface area contributed by atoms with Gasteiger partial charge in [-0.05, 0) is 26.7 Å². The molecule has 0 bridgehead atoms. The van der Waals surface area contributed by atoms with Gasteiger partial charge in [0, 0.05) is 26.1 Å². The van der Waals surface area contributed by atoms with Crippen LogP contribution in [0.3, 0.4) is 0 Å². The number of rotatable bonds is 3. The summed E-state index contributed by atoms with van der Waals surface area (Å²) in [6.45, 7) is 7.34. The molecular formula is C13H24N2O2. The number of carbonyl (C=O) groups excluding carboxylic acids is 2. The van der Waals surface area contributed by atoms with Crippen molar-refractivity contribution in [1.82, 2.24) is 9.80 Å². The van der Waals surface area contributed by atoms with Crippen LogP contribution < -0.4 is 0 Å². The maximum Gasteiger partial charge on any atom is 0.242 e. The molecule has 1 fully saturated rings. The van der Waals surface area contributed by atoms with Gasteiger partial charge >= 0.3 is 0 Å². The van der Waals surface area contributed by atoms with E-state index >= 15 is 0 Å². The van der Waals surface area contributed by atoms with E-state index in [4.69, 9.17) is 0 Å². The lowest BCUT2D eigenvalue weighted by Crippen LogP contribution is -2.45. The number of carbonyl (C=O) groups is 2. The lowest BCUT2D eigenvalue weighted by atomic mass is 10.2. The topological polar surface area (TPSA) is 40.6 Å². The van der Waals surface area contributed by atoms with Crippen molar-refractivity contribution in [3.05, 3.63) is 0 Å². The Morgan fingerprint density at radius 3 is 2.06 bits per heavy atom. The van der Waals surface area contributed by atoms with Gasteiger partial charge in [0.05, 0.1) is 6.54 Å². The Kier molecular flexibility index (Phi) is 5.45. The molecule has 0 aromatic carbocycles. The Balaban J connectivity index is 2.53. The molecule has 0 atom stereocenters. The summed E-state index contributed by atoms with van der Waals surface area (Å²) in [6.07, 6.45) is 4.61. The summed E-state index contributed by atoms with van der Waals surface area (Å²) < 4.78 is 0. The largest absolute Gasteiger partial charge is 0.341 e. The molecule has 0 spiro atoms. The van der Waals surface area contributed by atoms with Gasteiger partial charge in [-0.2, -0.15) is 0 Å². The Morgan fingerprint density at radius 1 is 1.12 bits per heavy atom. The van der Waals surface area contributed by atoms with E-state index in [9.17, 15) is 9.59 Å². The molecule has 0 aliphatic carbocycles. The molecule has 4 heteroatoms. The average Bonchev–Trinajstić information content (AvgIpc) is 2.52. The van der Waals surface area contributed by atoms with E-state index in [1.165, 1.54) is 19.8 Å². The van der Waals surface area contributed by atoms with Crippen molar-refractivity contribution < 1.29 is 9.59 Å². The second-order valence-electron chi connectivity index (χ2n) is 5.04. The van der Waals surface area contributed by atoms with E-state index in [1.807, 2.05) is 18.7 Å². The smallest absolute Gasteiger partial charge is 0.242 e. The Labute approximate surface area is 104 Å². The third kappa shape index (κ3) is 4.36. The van der Waals surface area contributed by atoms with Gasteiger partial charge in [0.2, 0.25) is 11.8 Å². The van der Waals surface area contributed by atoms with Crippen LogP contribution in [0.1, 0.15) is 46.5 Å². The second kappa shape index (κ2) is 6.62. The number of amides is 2. The minimum absolute atomic E-state index is 0.0248. The molecular weight excluding hydrogens is 216 g/mol. The minimum Gasteiger partial charge on any atom is -0.341 e. The molecule has 0 aromatic rings. The molecule has 1 aliphatic rings. The van der Waals surface area contributed by atoms with Crippen molar-refractivity contribution in [2.75, 3.05) is 19.6 Å². The monoisotopic (exact) mass is 240 g/mol. The number of hydrogen-bond acceptors (Lipinski definition) is 2. The molecule has 1 aliphatic heterocycles. The van der Waals surface area contributed by atoms with E-state index in [1.54, 1.807) is 4.90 Å². The van der Waals surface area contributed by atoms with Gasteiger partial charge in [-0.15, -0.1) is 0 Å². The third-order valence-electron chi connectivity index (χ3n) is 3.29. The van der Waals surface area contributed by atoms with Gasteiger partial charge in [-0.25, -0.2) is 0 Å². The van der Waals surface area contributed by atoms with E-state index in [0.717, 1.165) is 25.9 Å². The summed E-state index contributed by atoms with van der Waals surface area (Å²) in [5, 5.41) is 0. The fourth-order valence-corrected chi connectivity index (χ4v) is 2.22. The zero-order chi connectivity index (χ0) is 12.8. The maximum atomic E-state index is 12.1. The van der Waals surface area contributed by atoms with Crippen LogP contribution in [-0.2, 0) is 9.59 Å². The molecule has 0 N–H and O–H groups in total. The van der Waals surface area contributed by atoms with Crippen molar-refractivity contribution in [3.63, 3.8) is 0 Å². The van der Waals surface area contributed by atoms with Crippen molar-refractivity contribution >= 4 is 11.8 Å². The first-order chi connectivity index (χ1) is 8.02. The molecule has 1 heterocycles. The molecule has 17 heavy (non-hydrogen) atoms. The van der Waals surface area contributed by atoms with E-state index < -0.39 is 0 Å². The highest BCUT2D eigenvalue weighted by Gasteiger charge is 2.21. The van der Waals surface area contributed by atoms with Crippen LogP contribution in [0.4, 0.5) is 0 Å². The molecule has 0 unspecified atom stereocenters. The summed E-state index contributed by atoms with van der Waals surface area (Å²) in [4.78, 5) is 27.1. The molecule has 98 valence electrons. The highest BCUT2D eigenvalue weighted by molar-refractivity contribution is 5.84. The predicted molar refractivity (Wildman–Crippen MR) is 67.6 cm³/mol. The molecule has 2 amide bonds. The van der Waals surface area contributed by atoms with Gasteiger partial charge < -0.3 is 9.80 Å². The van der Waals surface area contributed by atoms with Crippen LogP contribution in [0.25, 0.3) is 0 Å². The third-order valence-corrected chi connectivity index (χ3v) is 3.29. The summed E-state index contributed by atoms with van der Waals surface area (Å²) >= 11 is 0. The normalized spacial score (nSPS) is 16.8. The zero-order valence-electron chi connectivity index (χ0n) is 11.2. The first kappa shape index (κ1) is 14.0. The van der Waals surface area contributed by atoms with Crippen LogP contribution in [0.5, 0.6) is 0 Å². The second-order valence-corrected chi connectivity index (χ2v) is 5.04. The SMILES string of the molecule is CC(=O)N(CC(=O)N1CCCCCC1)C(C)C. The lowest BCUT2D eigenvalue weighted by Gasteiger charge is -2.28. The predicted octanol–water partition coefficient (Wildman–Crippen LogP) is 1.65. The quantitative estimate of drug-likeness (QED) is 0.752. The minimum atomic E-state index is -0.0248. The standard InChI is InChI=1S/C13H24N2O2/c1-11(2)15(12(3)16)10-13(17)14-8-6-4-5-7-9-14/h11H,4-10H2,1-3H3. The highest BCUT2D eigenvalue weighted by atomic mass is 16.2. The van der Waals surface area contributed by atoms with Crippen LogP contribution in [0.15, 0.2) is 0 Å². The van der Waals surface area contributed by atoms with Gasteiger partial charge in [0.1, 0.15) is 0 Å². The van der Waals surface area contributed by atoms with Crippen LogP contribution in [-0.4, -0.2) is 47.3 Å². The fraction of sp³-hybridized carbons (Fsp3) is 0.846. The van der Waals surface area contributed by atoms with E-state index in [2.05, 4.69) is 0 Å². The Bertz CT molecular complexity index is 269. The van der Waals surface area contributed by atoms with Crippen LogP contribution in [0.2, 0.25) is 0 Å². The molecule has 0 aromatic heterocycles. The molecule has 4 nitrogen and oxygen atoms in total. The molecule has 1 saturated heterocycles. The number of nitrogens with zero attached hydrogens (tertiary/aromatic N) is 2. The van der Waals surface area contributed by atoms with Crippen molar-refractivity contribution in [2.24, 2.45) is 0 Å². The maximum absolute atomic E-state index is 12.1. The number of hydrogen-bond donors (Lipinski definition) is 0. The van der Waals surface area contributed by atoms with Gasteiger partial charge in [0.15, 0.2) is 0 Å². The average molecular weight is 240 g/mol. The molecule has 1 rings (SSSR count). The summed E-state index contributed by atoms with van der Waals surface area (Å²) in [6, 6.07) is 0.0865. The first-order valence-electron chi connectivity index (χ1n) is 6.57. The first-order valence-corrected chi connectivity index (χ1v) is 6.57. The van der Waals surface area contributed by atoms with Gasteiger partial charge in [-0.3, -0.25) is 9.59 Å².